The van der Waals surface area contributed by atoms with Crippen molar-refractivity contribution in [1.82, 2.24) is 0 Å². The van der Waals surface area contributed by atoms with E-state index >= 15 is 0 Å². The maximum atomic E-state index is 10.3. The summed E-state index contributed by atoms with van der Waals surface area (Å²) in [6.07, 6.45) is 0. The summed E-state index contributed by atoms with van der Waals surface area (Å²) in [6, 6.07) is 0. The van der Waals surface area contributed by atoms with Crippen molar-refractivity contribution in [3.8, 4) is 0 Å². The fourth-order valence-electron chi connectivity index (χ4n) is 1.08. The molecular weight excluding hydrogens is 484 g/mol. The lowest BCUT2D eigenvalue weighted by Crippen LogP contribution is -3.04. The molecule has 4 atom stereocenters. The van der Waals surface area contributed by atoms with E-state index in [1.807, 2.05) is 0 Å². The Hall–Kier alpha value is 0.400. The van der Waals surface area contributed by atoms with E-state index in [4.69, 9.17) is 19.6 Å². The second-order valence-electron chi connectivity index (χ2n) is 6.25. The first-order chi connectivity index (χ1) is 12.0. The van der Waals surface area contributed by atoms with E-state index in [2.05, 4.69) is 22.1 Å². The maximum absolute atomic E-state index is 10.3. The van der Waals surface area contributed by atoms with E-state index in [-0.39, 0.29) is 5.48 Å². The molecule has 1 aliphatic rings. The Balaban J connectivity index is -0.000000357. The van der Waals surface area contributed by atoms with Crippen LogP contribution in [0.4, 0.5) is 0 Å². The van der Waals surface area contributed by atoms with Gasteiger partial charge < -0.3 is 85.0 Å². The van der Waals surface area contributed by atoms with Crippen molar-refractivity contribution in [3.63, 3.8) is 0 Å². The van der Waals surface area contributed by atoms with Gasteiger partial charge in [-0.1, -0.05) is 0 Å². The average molecular weight is 514 g/mol. The normalized spacial score (nSPS) is 26.3. The minimum atomic E-state index is -5.18. The highest BCUT2D eigenvalue weighted by Gasteiger charge is 2.45. The summed E-state index contributed by atoms with van der Waals surface area (Å²) >= 11 is 0. The Morgan fingerprint density at radius 1 is 0.655 bits per heavy atom. The lowest BCUT2D eigenvalue weighted by atomic mass is 10.4. The van der Waals surface area contributed by atoms with Gasteiger partial charge in [-0.15, -0.1) is 0 Å². The largest absolute Gasteiger partial charge is 0.774 e. The summed E-state index contributed by atoms with van der Waals surface area (Å²) < 4.78 is 41.2. The Bertz CT molecular complexity index is 561. The SMILES string of the molecule is C1C[NH2+]CC[NH2+]1.CC([NH3+])(P(=O)([O-])O)P(=O)([O-])O.CC([NH3+])(P(=O)([O-])O)P(=O)([O-])O.O. The van der Waals surface area contributed by atoms with E-state index < -0.39 is 40.4 Å². The molecule has 0 aromatic carbocycles. The molecule has 4 unspecified atom stereocenters. The quantitative estimate of drug-likeness (QED) is 0.162. The van der Waals surface area contributed by atoms with Crippen molar-refractivity contribution in [3.05, 3.63) is 0 Å². The first-order valence-corrected chi connectivity index (χ1v) is 13.8. The molecule has 0 radical (unpaired) electrons. The minimum absolute atomic E-state index is 0. The predicted octanol–water partition coefficient (Wildman–Crippen LogP) is -9.71. The maximum Gasteiger partial charge on any atom is 0.216 e. The van der Waals surface area contributed by atoms with Crippen LogP contribution in [0.3, 0.4) is 0 Å². The van der Waals surface area contributed by atoms with Gasteiger partial charge in [0, 0.05) is 13.8 Å². The second kappa shape index (κ2) is 11.9. The number of nitrogens with two attached hydrogens (primary N) is 2. The Morgan fingerprint density at radius 3 is 0.828 bits per heavy atom. The van der Waals surface area contributed by atoms with Crippen LogP contribution in [0.15, 0.2) is 0 Å². The van der Waals surface area contributed by atoms with Crippen LogP contribution in [0.2, 0.25) is 0 Å². The summed E-state index contributed by atoms with van der Waals surface area (Å²) in [6.45, 7) is 6.46. The van der Waals surface area contributed by atoms with Gasteiger partial charge in [-0.2, -0.15) is 0 Å². The summed E-state index contributed by atoms with van der Waals surface area (Å²) in [4.78, 5) is 74.3. The number of quaternary nitrogens is 4. The zero-order valence-corrected chi connectivity index (χ0v) is 19.3. The Labute approximate surface area is 166 Å². The monoisotopic (exact) mass is 514 g/mol. The number of hydrogen-bond donors (Lipinski definition) is 8. The number of hydrogen-bond acceptors (Lipinski definition) is 8. The van der Waals surface area contributed by atoms with Crippen LogP contribution in [0.5, 0.6) is 0 Å². The first-order valence-electron chi connectivity index (χ1n) is 7.50. The zero-order chi connectivity index (χ0) is 23.2. The van der Waals surface area contributed by atoms with Gasteiger partial charge in [-0.25, -0.2) is 0 Å². The predicted molar refractivity (Wildman–Crippen MR) is 88.8 cm³/mol. The molecule has 180 valence electrons. The lowest BCUT2D eigenvalue weighted by molar-refractivity contribution is -0.787. The van der Waals surface area contributed by atoms with Gasteiger partial charge in [-0.3, -0.25) is 0 Å². The molecule has 17 nitrogen and oxygen atoms in total. The molecule has 29 heavy (non-hydrogen) atoms. The summed E-state index contributed by atoms with van der Waals surface area (Å²) in [5.41, 5.74) is 5.32. The molecule has 1 heterocycles. The van der Waals surface area contributed by atoms with E-state index in [9.17, 15) is 37.8 Å². The van der Waals surface area contributed by atoms with Gasteiger partial charge in [0.05, 0.1) is 0 Å². The molecule has 16 N–H and O–H groups in total. The second-order valence-corrected chi connectivity index (χ2v) is 15.1. The third-order valence-corrected chi connectivity index (χ3v) is 11.5. The van der Waals surface area contributed by atoms with Crippen molar-refractivity contribution in [2.45, 2.75) is 23.9 Å². The molecule has 0 spiro atoms. The molecular formula is C8H30N4O13P4. The zero-order valence-electron chi connectivity index (χ0n) is 15.7. The van der Waals surface area contributed by atoms with E-state index in [0.29, 0.717) is 13.8 Å². The highest BCUT2D eigenvalue weighted by Crippen LogP contribution is 2.60. The molecule has 0 aliphatic carbocycles. The van der Waals surface area contributed by atoms with Crippen LogP contribution in [0.1, 0.15) is 13.8 Å². The molecule has 1 rings (SSSR count). The van der Waals surface area contributed by atoms with Crippen LogP contribution in [-0.4, -0.2) is 61.3 Å². The van der Waals surface area contributed by atoms with Crippen LogP contribution in [0, 0.1) is 0 Å². The highest BCUT2D eigenvalue weighted by molar-refractivity contribution is 7.70. The molecule has 1 saturated heterocycles. The fourth-order valence-corrected chi connectivity index (χ4v) is 3.63. The number of piperazine rings is 1. The molecule has 1 fully saturated rings. The van der Waals surface area contributed by atoms with Gasteiger partial charge in [0.25, 0.3) is 0 Å². The summed E-state index contributed by atoms with van der Waals surface area (Å²) in [5, 5.41) is -0.806. The van der Waals surface area contributed by atoms with E-state index in [1.54, 1.807) is 0 Å². The fraction of sp³-hybridized carbons (Fsp3) is 1.00. The molecule has 0 saturated carbocycles. The van der Waals surface area contributed by atoms with Gasteiger partial charge in [0.15, 0.2) is 0 Å². The van der Waals surface area contributed by atoms with Gasteiger partial charge >= 0.3 is 0 Å². The van der Waals surface area contributed by atoms with Crippen LogP contribution in [0.25, 0.3) is 0 Å². The summed E-state index contributed by atoms with van der Waals surface area (Å²) in [5.74, 6) is 0. The van der Waals surface area contributed by atoms with Crippen molar-refractivity contribution in [2.75, 3.05) is 26.2 Å². The molecule has 1 aliphatic heterocycles. The highest BCUT2D eigenvalue weighted by atomic mass is 31.2. The first kappa shape index (κ1) is 34.0. The van der Waals surface area contributed by atoms with Crippen molar-refractivity contribution in [2.24, 2.45) is 0 Å². The average Bonchev–Trinajstić information content (AvgIpc) is 2.45. The topological polar surface area (TPSA) is 361 Å². The van der Waals surface area contributed by atoms with Crippen LogP contribution >= 0.6 is 30.4 Å². The van der Waals surface area contributed by atoms with Crippen molar-refractivity contribution in [1.29, 1.82) is 0 Å². The van der Waals surface area contributed by atoms with Crippen molar-refractivity contribution < 1.29 is 85.0 Å². The molecule has 0 aromatic rings. The minimum Gasteiger partial charge on any atom is -0.774 e. The molecule has 0 aromatic heterocycles. The molecule has 21 heteroatoms. The van der Waals surface area contributed by atoms with Crippen LogP contribution in [-0.2, 0) is 18.3 Å². The summed E-state index contributed by atoms with van der Waals surface area (Å²) in [7, 11) is -20.7. The third-order valence-electron chi connectivity index (χ3n) is 3.58. The molecule has 0 amide bonds. The smallest absolute Gasteiger partial charge is 0.216 e. The number of rotatable bonds is 4. The van der Waals surface area contributed by atoms with Crippen molar-refractivity contribution >= 4 is 30.4 Å². The van der Waals surface area contributed by atoms with E-state index in [1.165, 1.54) is 26.2 Å². The van der Waals surface area contributed by atoms with Gasteiger partial charge in [0.2, 0.25) is 40.4 Å². The Kier molecular flexibility index (Phi) is 13.9. The van der Waals surface area contributed by atoms with E-state index in [0.717, 1.165) is 0 Å². The van der Waals surface area contributed by atoms with Crippen LogP contribution < -0.4 is 41.7 Å². The van der Waals surface area contributed by atoms with Gasteiger partial charge in [0.1, 0.15) is 26.2 Å². The standard InChI is InChI=1S/C4H10N2.2C2H9NO6P2.H2O/c1-2-6-4-3-5-1;2*1-2(3,10(4,5)6)11(7,8)9;/h5-6H,1-4H2;2*3H2,1H3,(H2,4,5,6)(H2,7,8,9);1H2. The Morgan fingerprint density at radius 2 is 0.793 bits per heavy atom. The van der Waals surface area contributed by atoms with Gasteiger partial charge in [-0.05, 0) is 0 Å². The third kappa shape index (κ3) is 11.0. The lowest BCUT2D eigenvalue weighted by Gasteiger charge is -2.36. The molecule has 0 bridgehead atoms.